The van der Waals surface area contributed by atoms with Gasteiger partial charge in [-0.3, -0.25) is 9.59 Å². The summed E-state index contributed by atoms with van der Waals surface area (Å²) in [6, 6.07) is 5.96. The normalized spacial score (nSPS) is 19.5. The molecule has 1 saturated heterocycles. The van der Waals surface area contributed by atoms with E-state index in [9.17, 15) is 23.6 Å². The monoisotopic (exact) mass is 599 g/mol. The Hall–Kier alpha value is -2.88. The summed E-state index contributed by atoms with van der Waals surface area (Å²) in [7, 11) is 0. The Balaban J connectivity index is 1.61. The van der Waals surface area contributed by atoms with Gasteiger partial charge in [0.2, 0.25) is 11.8 Å². The number of carbonyl (C=O) groups is 4. The summed E-state index contributed by atoms with van der Waals surface area (Å²) in [5.41, 5.74) is -0.805. The van der Waals surface area contributed by atoms with Crippen molar-refractivity contribution in [3.05, 3.63) is 56.8 Å². The van der Waals surface area contributed by atoms with E-state index in [1.807, 2.05) is 6.92 Å². The van der Waals surface area contributed by atoms with E-state index >= 15 is 0 Å². The molecule has 0 aromatic heterocycles. The maximum atomic E-state index is 15.0. The molecule has 0 N–H and O–H groups in total. The van der Waals surface area contributed by atoms with Crippen LogP contribution in [0.1, 0.15) is 55.8 Å². The van der Waals surface area contributed by atoms with Crippen molar-refractivity contribution in [3.8, 4) is 5.75 Å². The molecule has 1 saturated carbocycles. The van der Waals surface area contributed by atoms with Crippen LogP contribution in [0.25, 0.3) is 0 Å². The summed E-state index contributed by atoms with van der Waals surface area (Å²) in [6.45, 7) is 1.94. The van der Waals surface area contributed by atoms with Gasteiger partial charge in [-0.05, 0) is 49.6 Å². The number of fused-ring (bicyclic) bond motifs is 1. The molecule has 1 aliphatic heterocycles. The van der Waals surface area contributed by atoms with Crippen LogP contribution in [0, 0.1) is 17.7 Å². The number of nitrogens with zero attached hydrogens (tertiary/aromatic N) is 1. The maximum Gasteiger partial charge on any atom is 0.389 e. The average molecular weight is 601 g/mol. The molecular weight excluding hydrogens is 576 g/mol. The van der Waals surface area contributed by atoms with Gasteiger partial charge in [0.15, 0.2) is 0 Å². The van der Waals surface area contributed by atoms with Gasteiger partial charge in [0.05, 0.1) is 39.7 Å². The van der Waals surface area contributed by atoms with Gasteiger partial charge in [0.1, 0.15) is 11.6 Å². The SMILES string of the molecule is CCCCOC(=O)C(OC(=O)c1cc(N2C(=O)C3CCCCC3C2=O)c(F)cc1Cl)Oc1ccc(Cl)cc1Cl. The van der Waals surface area contributed by atoms with Crippen molar-refractivity contribution in [2.45, 2.75) is 51.7 Å². The number of ether oxygens (including phenoxy) is 3. The first-order valence-corrected chi connectivity index (χ1v) is 13.6. The molecule has 12 heteroatoms. The minimum atomic E-state index is -1.91. The Morgan fingerprint density at radius 3 is 2.31 bits per heavy atom. The first-order valence-electron chi connectivity index (χ1n) is 12.5. The van der Waals surface area contributed by atoms with E-state index in [1.54, 1.807) is 0 Å². The Bertz CT molecular complexity index is 1280. The number of halogens is 4. The van der Waals surface area contributed by atoms with Crippen molar-refractivity contribution in [1.29, 1.82) is 0 Å². The molecule has 3 atom stereocenters. The lowest BCUT2D eigenvalue weighted by atomic mass is 9.81. The number of hydrogen-bond acceptors (Lipinski definition) is 7. The molecule has 2 aromatic rings. The van der Waals surface area contributed by atoms with E-state index in [2.05, 4.69) is 0 Å². The van der Waals surface area contributed by atoms with Crippen LogP contribution >= 0.6 is 34.8 Å². The average Bonchev–Trinajstić information content (AvgIpc) is 3.15. The molecule has 0 spiro atoms. The molecule has 39 heavy (non-hydrogen) atoms. The Morgan fingerprint density at radius 2 is 1.69 bits per heavy atom. The first kappa shape index (κ1) is 29.1. The van der Waals surface area contributed by atoms with Gasteiger partial charge in [0.25, 0.3) is 0 Å². The lowest BCUT2D eigenvalue weighted by Crippen LogP contribution is -2.35. The van der Waals surface area contributed by atoms with Crippen LogP contribution in [0.3, 0.4) is 0 Å². The molecule has 0 radical (unpaired) electrons. The molecule has 1 aliphatic carbocycles. The number of unbranched alkanes of at least 4 members (excludes halogenated alkanes) is 1. The van der Waals surface area contributed by atoms with E-state index in [0.29, 0.717) is 24.3 Å². The van der Waals surface area contributed by atoms with Crippen molar-refractivity contribution in [1.82, 2.24) is 0 Å². The summed E-state index contributed by atoms with van der Waals surface area (Å²) >= 11 is 18.2. The van der Waals surface area contributed by atoms with Crippen molar-refractivity contribution in [3.63, 3.8) is 0 Å². The molecule has 0 bridgehead atoms. The Kier molecular flexibility index (Phi) is 9.35. The lowest BCUT2D eigenvalue weighted by molar-refractivity contribution is -0.170. The van der Waals surface area contributed by atoms with Crippen LogP contribution in [0.5, 0.6) is 5.75 Å². The summed E-state index contributed by atoms with van der Waals surface area (Å²) < 4.78 is 31.0. The molecule has 8 nitrogen and oxygen atoms in total. The zero-order chi connectivity index (χ0) is 28.3. The zero-order valence-electron chi connectivity index (χ0n) is 20.9. The molecule has 3 unspecified atom stereocenters. The minimum Gasteiger partial charge on any atom is -0.460 e. The van der Waals surface area contributed by atoms with Gasteiger partial charge >= 0.3 is 18.2 Å². The summed E-state index contributed by atoms with van der Waals surface area (Å²) in [5, 5.41) is -0.0113. The highest BCUT2D eigenvalue weighted by atomic mass is 35.5. The number of benzene rings is 2. The quantitative estimate of drug-likeness (QED) is 0.143. The molecular formula is C27H25Cl3FNO7. The third-order valence-electron chi connectivity index (χ3n) is 6.62. The van der Waals surface area contributed by atoms with E-state index in [4.69, 9.17) is 49.0 Å². The largest absolute Gasteiger partial charge is 0.460 e. The Morgan fingerprint density at radius 1 is 1.03 bits per heavy atom. The third-order valence-corrected chi connectivity index (χ3v) is 7.46. The van der Waals surface area contributed by atoms with Crippen LogP contribution in [0.15, 0.2) is 30.3 Å². The smallest absolute Gasteiger partial charge is 0.389 e. The third kappa shape index (κ3) is 6.31. The van der Waals surface area contributed by atoms with Crippen molar-refractivity contribution < 1.29 is 37.8 Å². The second-order valence-corrected chi connectivity index (χ2v) is 10.5. The van der Waals surface area contributed by atoms with E-state index in [0.717, 1.165) is 36.3 Å². The number of carbonyl (C=O) groups excluding carboxylic acids is 4. The molecule has 2 amide bonds. The summed E-state index contributed by atoms with van der Waals surface area (Å²) in [6.07, 6.45) is 2.04. The predicted molar refractivity (Wildman–Crippen MR) is 142 cm³/mol. The van der Waals surface area contributed by atoms with Crippen molar-refractivity contribution >= 4 is 64.2 Å². The number of esters is 2. The maximum absolute atomic E-state index is 15.0. The van der Waals surface area contributed by atoms with E-state index in [-0.39, 0.29) is 28.0 Å². The molecule has 1 heterocycles. The van der Waals surface area contributed by atoms with Crippen LogP contribution < -0.4 is 9.64 Å². The van der Waals surface area contributed by atoms with Crippen molar-refractivity contribution in [2.75, 3.05) is 11.5 Å². The molecule has 2 fully saturated rings. The number of amides is 2. The zero-order valence-corrected chi connectivity index (χ0v) is 23.2. The van der Waals surface area contributed by atoms with Crippen LogP contribution in [0.2, 0.25) is 15.1 Å². The molecule has 2 aliphatic rings. The topological polar surface area (TPSA) is 99.2 Å². The molecule has 208 valence electrons. The van der Waals surface area contributed by atoms with Gasteiger partial charge < -0.3 is 14.2 Å². The minimum absolute atomic E-state index is 0.0203. The van der Waals surface area contributed by atoms with Crippen molar-refractivity contribution in [2.24, 2.45) is 11.8 Å². The second kappa shape index (κ2) is 12.5. The fraction of sp³-hybridized carbons (Fsp3) is 0.407. The first-order chi connectivity index (χ1) is 18.6. The highest BCUT2D eigenvalue weighted by Gasteiger charge is 2.49. The molecule has 4 rings (SSSR count). The van der Waals surface area contributed by atoms with Gasteiger partial charge in [-0.25, -0.2) is 18.9 Å². The van der Waals surface area contributed by atoms with Gasteiger partial charge in [-0.2, -0.15) is 0 Å². The predicted octanol–water partition coefficient (Wildman–Crippen LogP) is 6.37. The van der Waals surface area contributed by atoms with Crippen LogP contribution in [-0.4, -0.2) is 36.6 Å². The number of rotatable bonds is 9. The Labute approximate surface area is 239 Å². The van der Waals surface area contributed by atoms with E-state index in [1.165, 1.54) is 18.2 Å². The number of hydrogen-bond donors (Lipinski definition) is 0. The summed E-state index contributed by atoms with van der Waals surface area (Å²) in [4.78, 5) is 52.7. The molecule has 2 aromatic carbocycles. The fourth-order valence-corrected chi connectivity index (χ4v) is 5.30. The van der Waals surface area contributed by atoms with Gasteiger partial charge in [0, 0.05) is 5.02 Å². The standard InChI is InChI=1S/C27H25Cl3FNO7/c1-2-3-10-37-26(36)27(38-22-9-8-14(28)11-19(22)30)39-25(35)17-12-21(20(31)13-18(17)29)32-23(33)15-6-4-5-7-16(15)24(32)34/h8-9,11-13,15-16,27H,2-7,10H2,1H3. The van der Waals surface area contributed by atoms with Crippen LogP contribution in [-0.2, 0) is 23.9 Å². The summed E-state index contributed by atoms with van der Waals surface area (Å²) in [5.74, 6) is -5.29. The lowest BCUT2D eigenvalue weighted by Gasteiger charge is -2.20. The van der Waals surface area contributed by atoms with Crippen LogP contribution in [0.4, 0.5) is 10.1 Å². The van der Waals surface area contributed by atoms with Gasteiger partial charge in [-0.1, -0.05) is 61.0 Å². The number of anilines is 1. The highest BCUT2D eigenvalue weighted by Crippen LogP contribution is 2.41. The van der Waals surface area contributed by atoms with Gasteiger partial charge in [-0.15, -0.1) is 0 Å². The number of imide groups is 1. The van der Waals surface area contributed by atoms with E-state index < -0.39 is 53.4 Å². The fourth-order valence-electron chi connectivity index (χ4n) is 4.62. The highest BCUT2D eigenvalue weighted by molar-refractivity contribution is 6.35. The second-order valence-electron chi connectivity index (χ2n) is 9.24.